The highest BCUT2D eigenvalue weighted by molar-refractivity contribution is 6.30. The van der Waals surface area contributed by atoms with Gasteiger partial charge in [0.2, 0.25) is 5.91 Å². The maximum absolute atomic E-state index is 11.2. The van der Waals surface area contributed by atoms with Crippen LogP contribution in [0.5, 0.6) is 0 Å². The van der Waals surface area contributed by atoms with Crippen molar-refractivity contribution in [2.45, 2.75) is 19.4 Å². The van der Waals surface area contributed by atoms with Crippen LogP contribution >= 0.6 is 11.6 Å². The lowest BCUT2D eigenvalue weighted by Crippen LogP contribution is -2.27. The number of carbonyl (C=O) groups is 2. The molecule has 1 aromatic carbocycles. The van der Waals surface area contributed by atoms with Crippen LogP contribution in [0.2, 0.25) is 5.02 Å². The average Bonchev–Trinajstić information content (AvgIpc) is 2.23. The molecule has 0 aliphatic rings. The highest BCUT2D eigenvalue weighted by Gasteiger charge is 2.01. The molecule has 1 rings (SSSR count). The standard InChI is InChI=1S/C11H12ClNO3/c12-9-3-1-2-8(6-9)7-13-10(14)4-5-11(15)16/h1-3,6H,4-5,7H2,(H,13,14)(H,15,16)/p-1. The van der Waals surface area contributed by atoms with Crippen molar-refractivity contribution in [3.05, 3.63) is 34.9 Å². The third kappa shape index (κ3) is 4.79. The monoisotopic (exact) mass is 240 g/mol. The van der Waals surface area contributed by atoms with Gasteiger partial charge in [0, 0.05) is 24.0 Å². The van der Waals surface area contributed by atoms with Crippen molar-refractivity contribution in [3.8, 4) is 0 Å². The minimum atomic E-state index is -1.22. The summed E-state index contributed by atoms with van der Waals surface area (Å²) in [5, 5.41) is 13.3. The Balaban J connectivity index is 2.34. The minimum absolute atomic E-state index is 0.0666. The molecule has 0 saturated carbocycles. The van der Waals surface area contributed by atoms with Crippen molar-refractivity contribution < 1.29 is 14.7 Å². The fraction of sp³-hybridized carbons (Fsp3) is 0.273. The summed E-state index contributed by atoms with van der Waals surface area (Å²) in [6.45, 7) is 0.340. The second kappa shape index (κ2) is 6.12. The summed E-state index contributed by atoms with van der Waals surface area (Å²) in [4.78, 5) is 21.3. The number of halogens is 1. The Morgan fingerprint density at radius 3 is 2.69 bits per heavy atom. The van der Waals surface area contributed by atoms with E-state index in [1.807, 2.05) is 6.07 Å². The molecule has 16 heavy (non-hydrogen) atoms. The van der Waals surface area contributed by atoms with Crippen LogP contribution in [0.4, 0.5) is 0 Å². The fourth-order valence-corrected chi connectivity index (χ4v) is 1.36. The highest BCUT2D eigenvalue weighted by Crippen LogP contribution is 2.10. The summed E-state index contributed by atoms with van der Waals surface area (Å²) in [5.41, 5.74) is 0.870. The molecule has 0 heterocycles. The quantitative estimate of drug-likeness (QED) is 0.814. The summed E-state index contributed by atoms with van der Waals surface area (Å²) in [7, 11) is 0. The first-order valence-corrected chi connectivity index (χ1v) is 5.16. The first kappa shape index (κ1) is 12.5. The molecule has 0 aliphatic heterocycles. The molecule has 1 N–H and O–H groups in total. The Labute approximate surface area is 98.2 Å². The van der Waals surface area contributed by atoms with E-state index in [-0.39, 0.29) is 18.7 Å². The molecule has 1 amide bonds. The summed E-state index contributed by atoms with van der Waals surface area (Å²) in [5.74, 6) is -1.54. The van der Waals surface area contributed by atoms with Crippen molar-refractivity contribution in [3.63, 3.8) is 0 Å². The lowest BCUT2D eigenvalue weighted by atomic mass is 10.2. The Bertz CT molecular complexity index is 393. The smallest absolute Gasteiger partial charge is 0.220 e. The molecular weight excluding hydrogens is 230 g/mol. The molecule has 0 fully saturated rings. The Hall–Kier alpha value is -1.55. The first-order chi connectivity index (χ1) is 7.58. The zero-order chi connectivity index (χ0) is 12.0. The van der Waals surface area contributed by atoms with E-state index in [0.717, 1.165) is 5.56 Å². The van der Waals surface area contributed by atoms with Crippen molar-refractivity contribution >= 4 is 23.5 Å². The van der Waals surface area contributed by atoms with Gasteiger partial charge in [0.05, 0.1) is 0 Å². The number of rotatable bonds is 5. The summed E-state index contributed by atoms with van der Waals surface area (Å²) >= 11 is 5.76. The van der Waals surface area contributed by atoms with E-state index >= 15 is 0 Å². The molecule has 0 spiro atoms. The number of carbonyl (C=O) groups excluding carboxylic acids is 2. The molecular formula is C11H11ClNO3-. The molecule has 0 aliphatic carbocycles. The second-order valence-electron chi connectivity index (χ2n) is 3.28. The fourth-order valence-electron chi connectivity index (χ4n) is 1.15. The summed E-state index contributed by atoms with van der Waals surface area (Å²) in [6.07, 6.45) is -0.329. The minimum Gasteiger partial charge on any atom is -0.550 e. The highest BCUT2D eigenvalue weighted by atomic mass is 35.5. The van der Waals surface area contributed by atoms with Crippen LogP contribution in [0.3, 0.4) is 0 Å². The van der Waals surface area contributed by atoms with Crippen LogP contribution < -0.4 is 10.4 Å². The molecule has 0 radical (unpaired) electrons. The van der Waals surface area contributed by atoms with Crippen LogP contribution in [0.1, 0.15) is 18.4 Å². The van der Waals surface area contributed by atoms with Crippen molar-refractivity contribution in [1.29, 1.82) is 0 Å². The molecule has 4 nitrogen and oxygen atoms in total. The molecule has 0 aromatic heterocycles. The van der Waals surface area contributed by atoms with Crippen molar-refractivity contribution in [2.75, 3.05) is 0 Å². The Morgan fingerprint density at radius 2 is 2.06 bits per heavy atom. The zero-order valence-corrected chi connectivity index (χ0v) is 9.29. The van der Waals surface area contributed by atoms with E-state index in [2.05, 4.69) is 5.32 Å². The predicted octanol–water partition coefficient (Wildman–Crippen LogP) is 0.486. The largest absolute Gasteiger partial charge is 0.550 e. The van der Waals surface area contributed by atoms with E-state index in [1.165, 1.54) is 0 Å². The molecule has 5 heteroatoms. The van der Waals surface area contributed by atoms with Gasteiger partial charge in [-0.15, -0.1) is 0 Å². The van der Waals surface area contributed by atoms with E-state index in [0.29, 0.717) is 11.6 Å². The summed E-state index contributed by atoms with van der Waals surface area (Å²) in [6, 6.07) is 7.08. The number of nitrogens with one attached hydrogen (secondary N) is 1. The van der Waals surface area contributed by atoms with Crippen LogP contribution in [0.15, 0.2) is 24.3 Å². The molecule has 0 unspecified atom stereocenters. The van der Waals surface area contributed by atoms with Crippen molar-refractivity contribution in [2.24, 2.45) is 0 Å². The first-order valence-electron chi connectivity index (χ1n) is 4.79. The molecule has 0 atom stereocenters. The van der Waals surface area contributed by atoms with Crippen LogP contribution in [-0.4, -0.2) is 11.9 Å². The van der Waals surface area contributed by atoms with Gasteiger partial charge in [-0.05, 0) is 24.1 Å². The third-order valence-electron chi connectivity index (χ3n) is 1.93. The summed E-state index contributed by atoms with van der Waals surface area (Å²) < 4.78 is 0. The van der Waals surface area contributed by atoms with Gasteiger partial charge in [-0.1, -0.05) is 23.7 Å². The number of carboxylic acid groups (broad SMARTS) is 1. The average molecular weight is 241 g/mol. The number of hydrogen-bond donors (Lipinski definition) is 1. The lowest BCUT2D eigenvalue weighted by molar-refractivity contribution is -0.305. The van der Waals surface area contributed by atoms with Gasteiger partial charge in [-0.3, -0.25) is 4.79 Å². The Kier molecular flexibility index (Phi) is 4.79. The Morgan fingerprint density at radius 1 is 1.31 bits per heavy atom. The SMILES string of the molecule is O=C([O-])CCC(=O)NCc1cccc(Cl)c1. The molecule has 1 aromatic rings. The number of hydrogen-bond acceptors (Lipinski definition) is 3. The zero-order valence-electron chi connectivity index (χ0n) is 8.53. The van der Waals surface area contributed by atoms with Gasteiger partial charge >= 0.3 is 0 Å². The molecule has 0 bridgehead atoms. The topological polar surface area (TPSA) is 69.2 Å². The van der Waals surface area contributed by atoms with Gasteiger partial charge in [0.25, 0.3) is 0 Å². The van der Waals surface area contributed by atoms with E-state index in [4.69, 9.17) is 11.6 Å². The maximum Gasteiger partial charge on any atom is 0.220 e. The second-order valence-corrected chi connectivity index (χ2v) is 3.72. The number of aliphatic carboxylic acids is 1. The lowest BCUT2D eigenvalue weighted by Gasteiger charge is -2.06. The van der Waals surface area contributed by atoms with E-state index in [9.17, 15) is 14.7 Å². The van der Waals surface area contributed by atoms with Crippen molar-refractivity contribution in [1.82, 2.24) is 5.32 Å². The van der Waals surface area contributed by atoms with Gasteiger partial charge in [-0.25, -0.2) is 0 Å². The predicted molar refractivity (Wildman–Crippen MR) is 57.5 cm³/mol. The van der Waals surface area contributed by atoms with Crippen LogP contribution in [0, 0.1) is 0 Å². The van der Waals surface area contributed by atoms with Gasteiger partial charge in [0.15, 0.2) is 0 Å². The van der Waals surface area contributed by atoms with Gasteiger partial charge < -0.3 is 15.2 Å². The number of amides is 1. The normalized spacial score (nSPS) is 9.81. The number of carboxylic acids is 1. The van der Waals surface area contributed by atoms with Gasteiger partial charge in [-0.2, -0.15) is 0 Å². The number of benzene rings is 1. The van der Waals surface area contributed by atoms with E-state index in [1.54, 1.807) is 18.2 Å². The molecule has 0 saturated heterocycles. The maximum atomic E-state index is 11.2. The van der Waals surface area contributed by atoms with Crippen LogP contribution in [-0.2, 0) is 16.1 Å². The molecule has 86 valence electrons. The van der Waals surface area contributed by atoms with Gasteiger partial charge in [0.1, 0.15) is 0 Å². The van der Waals surface area contributed by atoms with E-state index < -0.39 is 5.97 Å². The van der Waals surface area contributed by atoms with Crippen LogP contribution in [0.25, 0.3) is 0 Å². The third-order valence-corrected chi connectivity index (χ3v) is 2.17.